The van der Waals surface area contributed by atoms with Crippen LogP contribution >= 0.6 is 0 Å². The van der Waals surface area contributed by atoms with Gasteiger partial charge in [-0.3, -0.25) is 0 Å². The van der Waals surface area contributed by atoms with Crippen molar-refractivity contribution in [3.8, 4) is 11.8 Å². The molecule has 0 radical (unpaired) electrons. The molecule has 0 aliphatic carbocycles. The van der Waals surface area contributed by atoms with E-state index in [2.05, 4.69) is 31.9 Å². The quantitative estimate of drug-likeness (QED) is 0.716. The molecule has 0 amide bonds. The van der Waals surface area contributed by atoms with Crippen LogP contribution < -0.4 is 15.4 Å². The molecule has 0 aliphatic heterocycles. The molecule has 0 aliphatic rings. The first kappa shape index (κ1) is 16.2. The molecule has 2 aromatic carbocycles. The third-order valence-electron chi connectivity index (χ3n) is 3.45. The van der Waals surface area contributed by atoms with Crippen LogP contribution in [0.2, 0.25) is 0 Å². The highest BCUT2D eigenvalue weighted by atomic mass is 16.5. The minimum Gasteiger partial charge on any atom is -0.497 e. The van der Waals surface area contributed by atoms with Gasteiger partial charge in [-0.2, -0.15) is 15.3 Å². The van der Waals surface area contributed by atoms with Crippen LogP contribution in [0.15, 0.2) is 54.7 Å². The second-order valence-electron chi connectivity index (χ2n) is 5.18. The van der Waals surface area contributed by atoms with Crippen LogP contribution in [0.3, 0.4) is 0 Å². The minimum absolute atomic E-state index is 0.425. The lowest BCUT2D eigenvalue weighted by Gasteiger charge is -2.08. The van der Waals surface area contributed by atoms with Crippen LogP contribution in [0.25, 0.3) is 0 Å². The molecule has 0 unspecified atom stereocenters. The molecule has 7 heteroatoms. The van der Waals surface area contributed by atoms with Gasteiger partial charge in [0, 0.05) is 12.2 Å². The summed E-state index contributed by atoms with van der Waals surface area (Å²) in [5.41, 5.74) is 2.50. The third kappa shape index (κ3) is 4.42. The Balaban J connectivity index is 1.63. The maximum Gasteiger partial charge on any atom is 0.244 e. The fourth-order valence-corrected chi connectivity index (χ4v) is 2.14. The monoisotopic (exact) mass is 332 g/mol. The minimum atomic E-state index is 0.425. The van der Waals surface area contributed by atoms with Crippen LogP contribution in [-0.2, 0) is 6.54 Å². The van der Waals surface area contributed by atoms with Crippen molar-refractivity contribution in [1.82, 2.24) is 15.2 Å². The molecule has 0 fully saturated rings. The van der Waals surface area contributed by atoms with Gasteiger partial charge in [-0.05, 0) is 42.0 Å². The lowest BCUT2D eigenvalue weighted by molar-refractivity contribution is 0.414. The number of nitrogens with zero attached hydrogens (tertiary/aromatic N) is 4. The van der Waals surface area contributed by atoms with Gasteiger partial charge in [0.15, 0.2) is 5.82 Å². The molecule has 0 saturated heterocycles. The Morgan fingerprint density at radius 1 is 1.08 bits per heavy atom. The van der Waals surface area contributed by atoms with Gasteiger partial charge in [-0.1, -0.05) is 12.1 Å². The summed E-state index contributed by atoms with van der Waals surface area (Å²) in [7, 11) is 1.64. The predicted octanol–water partition coefficient (Wildman–Crippen LogP) is 3.11. The summed E-state index contributed by atoms with van der Waals surface area (Å²) in [6.07, 6.45) is 1.54. The fourth-order valence-electron chi connectivity index (χ4n) is 2.14. The Labute approximate surface area is 145 Å². The second-order valence-corrected chi connectivity index (χ2v) is 5.18. The highest BCUT2D eigenvalue weighted by molar-refractivity contribution is 5.57. The van der Waals surface area contributed by atoms with Gasteiger partial charge in [0.2, 0.25) is 5.95 Å². The van der Waals surface area contributed by atoms with Crippen molar-refractivity contribution in [3.63, 3.8) is 0 Å². The average Bonchev–Trinajstić information content (AvgIpc) is 2.68. The zero-order chi connectivity index (χ0) is 17.5. The average molecular weight is 332 g/mol. The normalized spacial score (nSPS) is 9.92. The first-order valence-electron chi connectivity index (χ1n) is 7.60. The Bertz CT molecular complexity index is 871. The molecule has 0 atom stereocenters. The molecule has 25 heavy (non-hydrogen) atoms. The van der Waals surface area contributed by atoms with E-state index in [0.717, 1.165) is 17.0 Å². The number of hydrogen-bond donors (Lipinski definition) is 2. The summed E-state index contributed by atoms with van der Waals surface area (Å²) in [4.78, 5) is 4.37. The maximum atomic E-state index is 8.82. The van der Waals surface area contributed by atoms with E-state index in [0.29, 0.717) is 23.9 Å². The molecule has 2 N–H and O–H groups in total. The van der Waals surface area contributed by atoms with E-state index in [1.807, 2.05) is 36.4 Å². The molecule has 7 nitrogen and oxygen atoms in total. The number of benzene rings is 2. The van der Waals surface area contributed by atoms with Gasteiger partial charge < -0.3 is 15.4 Å². The number of anilines is 3. The van der Waals surface area contributed by atoms with E-state index in [1.54, 1.807) is 19.2 Å². The fraction of sp³-hybridized carbons (Fsp3) is 0.111. The molecule has 124 valence electrons. The van der Waals surface area contributed by atoms with Gasteiger partial charge in [-0.25, -0.2) is 0 Å². The number of nitrogens with one attached hydrogen (secondary N) is 2. The summed E-state index contributed by atoms with van der Waals surface area (Å²) in [5, 5.41) is 23.0. The van der Waals surface area contributed by atoms with E-state index in [9.17, 15) is 0 Å². The third-order valence-corrected chi connectivity index (χ3v) is 3.45. The van der Waals surface area contributed by atoms with Crippen molar-refractivity contribution in [2.45, 2.75) is 6.54 Å². The summed E-state index contributed by atoms with van der Waals surface area (Å²) in [5.74, 6) is 1.81. The van der Waals surface area contributed by atoms with Gasteiger partial charge in [0.1, 0.15) is 5.75 Å². The van der Waals surface area contributed by atoms with Crippen LogP contribution in [0.4, 0.5) is 17.5 Å². The molecule has 0 spiro atoms. The number of hydrogen-bond acceptors (Lipinski definition) is 7. The first-order chi connectivity index (χ1) is 12.3. The van der Waals surface area contributed by atoms with Crippen molar-refractivity contribution in [1.29, 1.82) is 5.26 Å². The van der Waals surface area contributed by atoms with Crippen molar-refractivity contribution in [3.05, 3.63) is 65.9 Å². The summed E-state index contributed by atoms with van der Waals surface area (Å²) in [6, 6.07) is 16.9. The molecule has 1 aromatic heterocycles. The topological polar surface area (TPSA) is 95.8 Å². The summed E-state index contributed by atoms with van der Waals surface area (Å²) >= 11 is 0. The largest absolute Gasteiger partial charge is 0.497 e. The number of methoxy groups -OCH3 is 1. The number of rotatable bonds is 6. The number of nitriles is 1. The molecular formula is C18H16N6O. The van der Waals surface area contributed by atoms with Gasteiger partial charge in [0.05, 0.1) is 24.9 Å². The SMILES string of the molecule is COc1ccc(CNc2nncc(Nc3ccc(C#N)cc3)n2)cc1. The van der Waals surface area contributed by atoms with Gasteiger partial charge in [-0.15, -0.1) is 5.10 Å². The Kier molecular flexibility index (Phi) is 5.02. The zero-order valence-corrected chi connectivity index (χ0v) is 13.6. The highest BCUT2D eigenvalue weighted by Crippen LogP contribution is 2.16. The van der Waals surface area contributed by atoms with Crippen LogP contribution in [0, 0.1) is 11.3 Å². The molecule has 0 bridgehead atoms. The predicted molar refractivity (Wildman–Crippen MR) is 94.6 cm³/mol. The standard InChI is InChI=1S/C18H16N6O/c1-25-16-8-4-14(5-9-16)11-20-18-23-17(12-21-24-18)22-15-6-2-13(10-19)3-7-15/h2-9,12H,11H2,1H3,(H2,20,22,23,24). The van der Waals surface area contributed by atoms with Crippen molar-refractivity contribution in [2.24, 2.45) is 0 Å². The highest BCUT2D eigenvalue weighted by Gasteiger charge is 2.02. The summed E-state index contributed by atoms with van der Waals surface area (Å²) < 4.78 is 5.14. The Hall–Kier alpha value is -3.66. The molecular weight excluding hydrogens is 316 g/mol. The number of ether oxygens (including phenoxy) is 1. The van der Waals surface area contributed by atoms with Gasteiger partial charge in [0.25, 0.3) is 0 Å². The van der Waals surface area contributed by atoms with E-state index in [4.69, 9.17) is 10.00 Å². The maximum absolute atomic E-state index is 8.82. The second kappa shape index (κ2) is 7.75. The van der Waals surface area contributed by atoms with E-state index in [-0.39, 0.29) is 0 Å². The molecule has 0 saturated carbocycles. The lowest BCUT2D eigenvalue weighted by atomic mass is 10.2. The van der Waals surface area contributed by atoms with Crippen molar-refractivity contribution < 1.29 is 4.74 Å². The molecule has 3 rings (SSSR count). The van der Waals surface area contributed by atoms with Crippen molar-refractivity contribution >= 4 is 17.5 Å². The smallest absolute Gasteiger partial charge is 0.244 e. The number of aromatic nitrogens is 3. The summed E-state index contributed by atoms with van der Waals surface area (Å²) in [6.45, 7) is 0.575. The lowest BCUT2D eigenvalue weighted by Crippen LogP contribution is -2.06. The van der Waals surface area contributed by atoms with E-state index in [1.165, 1.54) is 6.20 Å². The van der Waals surface area contributed by atoms with E-state index >= 15 is 0 Å². The van der Waals surface area contributed by atoms with Crippen molar-refractivity contribution in [2.75, 3.05) is 17.7 Å². The van der Waals surface area contributed by atoms with Gasteiger partial charge >= 0.3 is 0 Å². The van der Waals surface area contributed by atoms with E-state index < -0.39 is 0 Å². The Morgan fingerprint density at radius 2 is 1.84 bits per heavy atom. The first-order valence-corrected chi connectivity index (χ1v) is 7.60. The zero-order valence-electron chi connectivity index (χ0n) is 13.6. The van der Waals surface area contributed by atoms with Crippen LogP contribution in [0.5, 0.6) is 5.75 Å². The molecule has 1 heterocycles. The Morgan fingerprint density at radius 3 is 2.52 bits per heavy atom. The van der Waals surface area contributed by atoms with Crippen LogP contribution in [0.1, 0.15) is 11.1 Å². The molecule has 3 aromatic rings. The van der Waals surface area contributed by atoms with Crippen LogP contribution in [-0.4, -0.2) is 22.3 Å².